The number of nitrogen functional groups attached to an aromatic ring is 1. The van der Waals surface area contributed by atoms with Crippen LogP contribution < -0.4 is 15.5 Å². The molecule has 2 N–H and O–H groups in total. The van der Waals surface area contributed by atoms with Gasteiger partial charge in [-0.25, -0.2) is 0 Å². The summed E-state index contributed by atoms with van der Waals surface area (Å²) in [5, 5.41) is 0. The van der Waals surface area contributed by atoms with Gasteiger partial charge in [0, 0.05) is 28.4 Å². The van der Waals surface area contributed by atoms with Gasteiger partial charge in [-0.05, 0) is 85.6 Å². The first-order valence-corrected chi connectivity index (χ1v) is 11.8. The molecule has 0 aliphatic carbocycles. The predicted octanol–water partition coefficient (Wildman–Crippen LogP) is 8.83. The summed E-state index contributed by atoms with van der Waals surface area (Å²) in [5.41, 5.74) is 15.8. The van der Waals surface area contributed by atoms with Crippen molar-refractivity contribution in [2.45, 2.75) is 13.8 Å². The predicted molar refractivity (Wildman–Crippen MR) is 150 cm³/mol. The van der Waals surface area contributed by atoms with Crippen molar-refractivity contribution >= 4 is 39.8 Å². The monoisotopic (exact) mass is 455 g/mol. The molecule has 0 amide bonds. The molecule has 0 aliphatic rings. The van der Waals surface area contributed by atoms with Crippen molar-refractivity contribution in [2.24, 2.45) is 0 Å². The Kier molecular flexibility index (Phi) is 6.23. The summed E-state index contributed by atoms with van der Waals surface area (Å²) >= 11 is 0. The zero-order valence-corrected chi connectivity index (χ0v) is 20.1. The van der Waals surface area contributed by atoms with Crippen LogP contribution >= 0.6 is 0 Å². The fraction of sp³-hybridized carbons (Fsp3) is 0.0625. The molecule has 0 bridgehead atoms. The zero-order valence-electron chi connectivity index (χ0n) is 20.1. The van der Waals surface area contributed by atoms with E-state index in [9.17, 15) is 0 Å². The maximum absolute atomic E-state index is 6.04. The average Bonchev–Trinajstić information content (AvgIpc) is 2.89. The molecule has 35 heavy (non-hydrogen) atoms. The minimum atomic E-state index is 0.747. The van der Waals surface area contributed by atoms with Crippen molar-refractivity contribution < 1.29 is 0 Å². The smallest absolute Gasteiger partial charge is 0.0702 e. The molecule has 0 atom stereocenters. The molecule has 172 valence electrons. The second-order valence-corrected chi connectivity index (χ2v) is 8.66. The van der Waals surface area contributed by atoms with Gasteiger partial charge >= 0.3 is 0 Å². The van der Waals surface area contributed by atoms with Crippen LogP contribution in [-0.4, -0.2) is 0 Å². The third kappa shape index (κ3) is 4.49. The van der Waals surface area contributed by atoms with E-state index < -0.39 is 0 Å². The van der Waals surface area contributed by atoms with Gasteiger partial charge in [-0.1, -0.05) is 66.7 Å². The van der Waals surface area contributed by atoms with Crippen LogP contribution in [0.2, 0.25) is 0 Å². The largest absolute Gasteiger partial charge is 0.399 e. The first kappa shape index (κ1) is 22.3. The molecule has 0 aromatic heterocycles. The van der Waals surface area contributed by atoms with E-state index in [-0.39, 0.29) is 0 Å². The normalized spacial score (nSPS) is 10.7. The van der Waals surface area contributed by atoms with E-state index in [4.69, 9.17) is 5.73 Å². The van der Waals surface area contributed by atoms with E-state index in [2.05, 4.69) is 133 Å². The van der Waals surface area contributed by atoms with Crippen molar-refractivity contribution in [1.82, 2.24) is 0 Å². The molecule has 3 heteroatoms. The van der Waals surface area contributed by atoms with Gasteiger partial charge in [-0.2, -0.15) is 0 Å². The lowest BCUT2D eigenvalue weighted by Gasteiger charge is -2.34. The number of nitrogens with zero attached hydrogens (tertiary/aromatic N) is 2. The molecule has 0 heterocycles. The molecule has 3 nitrogen and oxygen atoms in total. The Morgan fingerprint density at radius 1 is 0.400 bits per heavy atom. The number of nitrogens with two attached hydrogens (primary N) is 1. The van der Waals surface area contributed by atoms with Gasteiger partial charge in [0.2, 0.25) is 0 Å². The molecular formula is C32H29N3. The summed E-state index contributed by atoms with van der Waals surface area (Å²) in [6.07, 6.45) is 0. The average molecular weight is 456 g/mol. The number of aryl methyl sites for hydroxylation is 2. The van der Waals surface area contributed by atoms with Gasteiger partial charge in [0.25, 0.3) is 0 Å². The van der Waals surface area contributed by atoms with Crippen LogP contribution in [0.5, 0.6) is 0 Å². The van der Waals surface area contributed by atoms with Crippen LogP contribution in [0.1, 0.15) is 11.1 Å². The number of para-hydroxylation sites is 5. The minimum absolute atomic E-state index is 0.747. The van der Waals surface area contributed by atoms with E-state index in [1.807, 2.05) is 18.2 Å². The SMILES string of the molecule is Cc1ccccc1N(c1ccccc1C)c1ccccc1N(c1ccccc1)c1ccc(N)cc1. The van der Waals surface area contributed by atoms with Crippen LogP contribution in [0, 0.1) is 13.8 Å². The molecule has 5 aromatic rings. The summed E-state index contributed by atoms with van der Waals surface area (Å²) in [5.74, 6) is 0. The fourth-order valence-electron chi connectivity index (χ4n) is 4.49. The molecule has 0 fully saturated rings. The highest BCUT2D eigenvalue weighted by atomic mass is 15.2. The first-order chi connectivity index (χ1) is 17.1. The highest BCUT2D eigenvalue weighted by Gasteiger charge is 2.23. The lowest BCUT2D eigenvalue weighted by molar-refractivity contribution is 1.20. The number of hydrogen-bond acceptors (Lipinski definition) is 3. The van der Waals surface area contributed by atoms with Crippen molar-refractivity contribution in [3.8, 4) is 0 Å². The Labute approximate surface area is 207 Å². The lowest BCUT2D eigenvalue weighted by Crippen LogP contribution is -2.18. The van der Waals surface area contributed by atoms with E-state index in [1.54, 1.807) is 0 Å². The van der Waals surface area contributed by atoms with Gasteiger partial charge in [0.1, 0.15) is 0 Å². The van der Waals surface area contributed by atoms with E-state index >= 15 is 0 Å². The molecule has 0 saturated heterocycles. The highest BCUT2D eigenvalue weighted by Crippen LogP contribution is 2.46. The highest BCUT2D eigenvalue weighted by molar-refractivity contribution is 5.92. The molecule has 0 radical (unpaired) electrons. The second kappa shape index (κ2) is 9.78. The lowest BCUT2D eigenvalue weighted by atomic mass is 10.1. The Morgan fingerprint density at radius 2 is 0.800 bits per heavy atom. The zero-order chi connectivity index (χ0) is 24.2. The minimum Gasteiger partial charge on any atom is -0.399 e. The Hall–Kier alpha value is -4.50. The van der Waals surface area contributed by atoms with Gasteiger partial charge < -0.3 is 15.5 Å². The Bertz CT molecular complexity index is 1380. The van der Waals surface area contributed by atoms with Gasteiger partial charge in [0.15, 0.2) is 0 Å². The topological polar surface area (TPSA) is 32.5 Å². The van der Waals surface area contributed by atoms with Crippen molar-refractivity contribution in [2.75, 3.05) is 15.5 Å². The molecular weight excluding hydrogens is 426 g/mol. The van der Waals surface area contributed by atoms with Gasteiger partial charge in [-0.15, -0.1) is 0 Å². The van der Waals surface area contributed by atoms with Gasteiger partial charge in [-0.3, -0.25) is 0 Å². The third-order valence-electron chi connectivity index (χ3n) is 6.24. The fourth-order valence-corrected chi connectivity index (χ4v) is 4.49. The standard InChI is InChI=1S/C32H29N3/c1-24-12-6-8-16-29(24)35(30-17-9-7-13-25(30)2)32-19-11-10-18-31(32)34(27-14-4-3-5-15-27)28-22-20-26(33)21-23-28/h3-23H,33H2,1-2H3. The summed E-state index contributed by atoms with van der Waals surface area (Å²) in [6, 6.07) is 44.2. The molecule has 0 spiro atoms. The number of rotatable bonds is 6. The molecule has 0 saturated carbocycles. The van der Waals surface area contributed by atoms with E-state index in [0.717, 1.165) is 39.8 Å². The number of anilines is 7. The molecule has 0 unspecified atom stereocenters. The van der Waals surface area contributed by atoms with E-state index in [0.29, 0.717) is 0 Å². The maximum Gasteiger partial charge on any atom is 0.0702 e. The van der Waals surface area contributed by atoms with Crippen LogP contribution in [0.3, 0.4) is 0 Å². The quantitative estimate of drug-likeness (QED) is 0.260. The molecule has 5 aromatic carbocycles. The second-order valence-electron chi connectivity index (χ2n) is 8.66. The molecule has 5 rings (SSSR count). The summed E-state index contributed by atoms with van der Waals surface area (Å²) in [7, 11) is 0. The third-order valence-corrected chi connectivity index (χ3v) is 6.24. The Morgan fingerprint density at radius 3 is 1.31 bits per heavy atom. The van der Waals surface area contributed by atoms with Crippen LogP contribution in [0.25, 0.3) is 0 Å². The number of hydrogen-bond donors (Lipinski definition) is 1. The summed E-state index contributed by atoms with van der Waals surface area (Å²) < 4.78 is 0. The van der Waals surface area contributed by atoms with Crippen LogP contribution in [0.4, 0.5) is 39.8 Å². The number of benzene rings is 5. The van der Waals surface area contributed by atoms with Gasteiger partial charge in [0.05, 0.1) is 11.4 Å². The van der Waals surface area contributed by atoms with Crippen molar-refractivity contribution in [3.05, 3.63) is 139 Å². The maximum atomic E-state index is 6.04. The first-order valence-electron chi connectivity index (χ1n) is 11.8. The van der Waals surface area contributed by atoms with Crippen LogP contribution in [0.15, 0.2) is 127 Å². The van der Waals surface area contributed by atoms with E-state index in [1.165, 1.54) is 11.1 Å². The van der Waals surface area contributed by atoms with Crippen molar-refractivity contribution in [3.63, 3.8) is 0 Å². The van der Waals surface area contributed by atoms with Crippen molar-refractivity contribution in [1.29, 1.82) is 0 Å². The Balaban J connectivity index is 1.78. The summed E-state index contributed by atoms with van der Waals surface area (Å²) in [4.78, 5) is 4.66. The molecule has 0 aliphatic heterocycles. The van der Waals surface area contributed by atoms with Crippen LogP contribution in [-0.2, 0) is 0 Å². The summed E-state index contributed by atoms with van der Waals surface area (Å²) in [6.45, 7) is 4.33.